The number of furan rings is 1. The summed E-state index contributed by atoms with van der Waals surface area (Å²) in [4.78, 5) is 11.6. The lowest BCUT2D eigenvalue weighted by molar-refractivity contribution is -0.120. The molecule has 0 saturated heterocycles. The molecule has 1 N–H and O–H groups in total. The van der Waals surface area contributed by atoms with Crippen LogP contribution in [-0.2, 0) is 11.2 Å². The average Bonchev–Trinajstić information content (AvgIpc) is 2.76. The van der Waals surface area contributed by atoms with Crippen LogP contribution in [0.25, 0.3) is 0 Å². The zero-order valence-electron chi connectivity index (χ0n) is 10.1. The van der Waals surface area contributed by atoms with Crippen molar-refractivity contribution in [3.05, 3.63) is 59.5 Å². The number of rotatable bonds is 4. The molecule has 1 aromatic heterocycles. The third-order valence-electron chi connectivity index (χ3n) is 2.48. The second-order valence-corrected chi connectivity index (χ2v) is 3.92. The molecule has 4 heteroatoms. The highest BCUT2D eigenvalue weighted by atomic mass is 16.3. The van der Waals surface area contributed by atoms with Gasteiger partial charge in [0.1, 0.15) is 5.76 Å². The van der Waals surface area contributed by atoms with E-state index < -0.39 is 0 Å². The van der Waals surface area contributed by atoms with Crippen molar-refractivity contribution >= 4 is 12.1 Å². The second-order valence-electron chi connectivity index (χ2n) is 3.92. The summed E-state index contributed by atoms with van der Waals surface area (Å²) < 4.78 is 5.16. The molecule has 0 bridgehead atoms. The zero-order valence-corrected chi connectivity index (χ0v) is 10.1. The first-order chi connectivity index (χ1) is 8.75. The molecule has 0 aliphatic rings. The summed E-state index contributed by atoms with van der Waals surface area (Å²) >= 11 is 0. The van der Waals surface area contributed by atoms with Crippen LogP contribution in [0.1, 0.15) is 16.9 Å². The molecule has 0 fully saturated rings. The van der Waals surface area contributed by atoms with E-state index in [1.807, 2.05) is 43.3 Å². The van der Waals surface area contributed by atoms with E-state index >= 15 is 0 Å². The van der Waals surface area contributed by atoms with Gasteiger partial charge in [0.05, 0.1) is 18.9 Å². The van der Waals surface area contributed by atoms with Gasteiger partial charge in [-0.2, -0.15) is 5.10 Å². The van der Waals surface area contributed by atoms with Crippen LogP contribution in [0.5, 0.6) is 0 Å². The number of hydrogen-bond donors (Lipinski definition) is 1. The minimum absolute atomic E-state index is 0.151. The summed E-state index contributed by atoms with van der Waals surface area (Å²) in [5, 5.41) is 3.85. The number of benzene rings is 1. The molecule has 0 spiro atoms. The van der Waals surface area contributed by atoms with E-state index in [1.165, 1.54) is 6.21 Å². The third kappa shape index (κ3) is 3.31. The van der Waals surface area contributed by atoms with Crippen LogP contribution in [0.3, 0.4) is 0 Å². The average molecular weight is 242 g/mol. The molecule has 0 aliphatic carbocycles. The Kier molecular flexibility index (Phi) is 3.91. The number of aryl methyl sites for hydroxylation is 1. The fourth-order valence-electron chi connectivity index (χ4n) is 1.50. The first-order valence-corrected chi connectivity index (χ1v) is 5.65. The molecule has 0 aliphatic heterocycles. The lowest BCUT2D eigenvalue weighted by atomic mass is 10.1. The Hall–Kier alpha value is -2.36. The Labute approximate surface area is 105 Å². The monoisotopic (exact) mass is 242 g/mol. The quantitative estimate of drug-likeness (QED) is 0.660. The highest BCUT2D eigenvalue weighted by molar-refractivity contribution is 5.82. The number of carbonyl (C=O) groups is 1. The number of carbonyl (C=O) groups excluding carboxylic acids is 1. The third-order valence-corrected chi connectivity index (χ3v) is 2.48. The predicted molar refractivity (Wildman–Crippen MR) is 69.3 cm³/mol. The Morgan fingerprint density at radius 3 is 2.78 bits per heavy atom. The summed E-state index contributed by atoms with van der Waals surface area (Å²) in [6.07, 6.45) is 3.40. The molecule has 0 unspecified atom stereocenters. The van der Waals surface area contributed by atoms with E-state index in [9.17, 15) is 4.79 Å². The Balaban J connectivity index is 1.86. The molecule has 18 heavy (non-hydrogen) atoms. The van der Waals surface area contributed by atoms with Gasteiger partial charge in [-0.15, -0.1) is 0 Å². The Morgan fingerprint density at radius 2 is 2.11 bits per heavy atom. The van der Waals surface area contributed by atoms with E-state index in [2.05, 4.69) is 10.5 Å². The van der Waals surface area contributed by atoms with Crippen molar-refractivity contribution in [3.63, 3.8) is 0 Å². The standard InChI is InChI=1S/C14H14N2O2/c1-11-7-8-18-13(11)10-15-16-14(17)9-12-5-3-2-4-6-12/h2-8,10H,9H2,1H3,(H,16,17)/b15-10-. The SMILES string of the molecule is Cc1ccoc1/C=N\NC(=O)Cc1ccccc1. The van der Waals surface area contributed by atoms with Gasteiger partial charge in [0.25, 0.3) is 0 Å². The summed E-state index contributed by atoms with van der Waals surface area (Å²) in [6.45, 7) is 1.91. The van der Waals surface area contributed by atoms with E-state index in [-0.39, 0.29) is 5.91 Å². The molecule has 1 amide bonds. The molecule has 1 heterocycles. The zero-order chi connectivity index (χ0) is 12.8. The second kappa shape index (κ2) is 5.82. The van der Waals surface area contributed by atoms with Crippen LogP contribution < -0.4 is 5.43 Å². The normalized spacial score (nSPS) is 10.7. The van der Waals surface area contributed by atoms with Crippen LogP contribution in [0, 0.1) is 6.92 Å². The first-order valence-electron chi connectivity index (χ1n) is 5.65. The van der Waals surface area contributed by atoms with Gasteiger partial charge in [-0.05, 0) is 24.1 Å². The molecule has 0 saturated carbocycles. The Bertz CT molecular complexity index is 544. The van der Waals surface area contributed by atoms with Gasteiger partial charge < -0.3 is 4.42 Å². The van der Waals surface area contributed by atoms with Crippen LogP contribution >= 0.6 is 0 Å². The first kappa shape index (κ1) is 12.1. The number of nitrogens with one attached hydrogen (secondary N) is 1. The van der Waals surface area contributed by atoms with Crippen molar-refractivity contribution in [2.75, 3.05) is 0 Å². The number of amides is 1. The minimum atomic E-state index is -0.151. The van der Waals surface area contributed by atoms with Gasteiger partial charge in [-0.3, -0.25) is 4.79 Å². The molecular formula is C14H14N2O2. The van der Waals surface area contributed by atoms with Crippen LogP contribution in [-0.4, -0.2) is 12.1 Å². The van der Waals surface area contributed by atoms with Crippen LogP contribution in [0.15, 0.2) is 52.2 Å². The molecule has 4 nitrogen and oxygen atoms in total. The topological polar surface area (TPSA) is 54.6 Å². The molecule has 0 atom stereocenters. The number of hydrogen-bond acceptors (Lipinski definition) is 3. The van der Waals surface area contributed by atoms with Crippen LogP contribution in [0.2, 0.25) is 0 Å². The lowest BCUT2D eigenvalue weighted by Crippen LogP contribution is -2.19. The summed E-state index contributed by atoms with van der Waals surface area (Å²) in [7, 11) is 0. The maximum absolute atomic E-state index is 11.6. The van der Waals surface area contributed by atoms with Crippen molar-refractivity contribution in [3.8, 4) is 0 Å². The lowest BCUT2D eigenvalue weighted by Gasteiger charge is -1.99. The predicted octanol–water partition coefficient (Wildman–Crippen LogP) is 2.28. The summed E-state index contributed by atoms with van der Waals surface area (Å²) in [5.41, 5.74) is 4.41. The van der Waals surface area contributed by atoms with Gasteiger partial charge >= 0.3 is 0 Å². The van der Waals surface area contributed by atoms with E-state index in [0.717, 1.165) is 11.1 Å². The van der Waals surface area contributed by atoms with Crippen LogP contribution in [0.4, 0.5) is 0 Å². The van der Waals surface area contributed by atoms with Gasteiger partial charge in [-0.1, -0.05) is 30.3 Å². The summed E-state index contributed by atoms with van der Waals surface area (Å²) in [6, 6.07) is 11.4. The van der Waals surface area contributed by atoms with Crippen molar-refractivity contribution in [1.29, 1.82) is 0 Å². The van der Waals surface area contributed by atoms with Gasteiger partial charge in [0, 0.05) is 0 Å². The number of hydrazone groups is 1. The van der Waals surface area contributed by atoms with Gasteiger partial charge in [0.15, 0.2) is 0 Å². The van der Waals surface area contributed by atoms with E-state index in [4.69, 9.17) is 4.42 Å². The fraction of sp³-hybridized carbons (Fsp3) is 0.143. The molecule has 1 aromatic carbocycles. The van der Waals surface area contributed by atoms with Gasteiger partial charge in [-0.25, -0.2) is 5.43 Å². The van der Waals surface area contributed by atoms with Crippen molar-refractivity contribution in [1.82, 2.24) is 5.43 Å². The maximum Gasteiger partial charge on any atom is 0.244 e. The molecule has 2 rings (SSSR count). The molecular weight excluding hydrogens is 228 g/mol. The molecule has 2 aromatic rings. The maximum atomic E-state index is 11.6. The van der Waals surface area contributed by atoms with Crippen molar-refractivity contribution in [2.45, 2.75) is 13.3 Å². The van der Waals surface area contributed by atoms with E-state index in [0.29, 0.717) is 12.2 Å². The molecule has 0 radical (unpaired) electrons. The Morgan fingerprint density at radius 1 is 1.33 bits per heavy atom. The highest BCUT2D eigenvalue weighted by Crippen LogP contribution is 2.04. The number of nitrogens with zero attached hydrogens (tertiary/aromatic N) is 1. The fourth-order valence-corrected chi connectivity index (χ4v) is 1.50. The van der Waals surface area contributed by atoms with E-state index in [1.54, 1.807) is 6.26 Å². The smallest absolute Gasteiger partial charge is 0.244 e. The summed E-state index contributed by atoms with van der Waals surface area (Å²) in [5.74, 6) is 0.497. The highest BCUT2D eigenvalue weighted by Gasteiger charge is 2.01. The minimum Gasteiger partial charge on any atom is -0.463 e. The molecule has 92 valence electrons. The van der Waals surface area contributed by atoms with Crippen molar-refractivity contribution in [2.24, 2.45) is 5.10 Å². The van der Waals surface area contributed by atoms with Crippen molar-refractivity contribution < 1.29 is 9.21 Å². The van der Waals surface area contributed by atoms with Gasteiger partial charge in [0.2, 0.25) is 5.91 Å². The largest absolute Gasteiger partial charge is 0.463 e.